The molecule has 0 aromatic heterocycles. The van der Waals surface area contributed by atoms with E-state index in [0.29, 0.717) is 22.9 Å². The van der Waals surface area contributed by atoms with Gasteiger partial charge in [-0.1, -0.05) is 42.5 Å². The number of ether oxygens (including phenoxy) is 2. The van der Waals surface area contributed by atoms with Gasteiger partial charge in [-0.25, -0.2) is 0 Å². The van der Waals surface area contributed by atoms with Crippen molar-refractivity contribution in [3.8, 4) is 17.2 Å². The number of para-hydroxylation sites is 3. The van der Waals surface area contributed by atoms with E-state index < -0.39 is 6.10 Å². The molecule has 1 N–H and O–H groups in total. The molecule has 1 unspecified atom stereocenters. The average Bonchev–Trinajstić information content (AvgIpc) is 2.64. The van der Waals surface area contributed by atoms with Crippen LogP contribution in [0.3, 0.4) is 0 Å². The minimum Gasteiger partial charge on any atom is -0.481 e. The fraction of sp³-hybridized carbons (Fsp3) is 0.136. The number of aryl methyl sites for hydroxylation is 1. The van der Waals surface area contributed by atoms with Crippen molar-refractivity contribution in [2.24, 2.45) is 0 Å². The van der Waals surface area contributed by atoms with Crippen molar-refractivity contribution in [2.75, 3.05) is 5.32 Å². The molecule has 132 valence electrons. The molecule has 0 radical (unpaired) electrons. The van der Waals surface area contributed by atoms with Gasteiger partial charge in [-0.3, -0.25) is 4.79 Å². The van der Waals surface area contributed by atoms with Crippen LogP contribution in [-0.4, -0.2) is 12.0 Å². The number of hydrogen-bond acceptors (Lipinski definition) is 3. The lowest BCUT2D eigenvalue weighted by molar-refractivity contribution is -0.122. The molecule has 0 aliphatic rings. The fourth-order valence-electron chi connectivity index (χ4n) is 2.46. The van der Waals surface area contributed by atoms with Gasteiger partial charge in [0.25, 0.3) is 5.91 Å². The normalized spacial score (nSPS) is 11.5. The molecule has 0 aliphatic carbocycles. The average molecular weight is 347 g/mol. The lowest BCUT2D eigenvalue weighted by atomic mass is 10.2. The molecule has 3 aromatic carbocycles. The van der Waals surface area contributed by atoms with Gasteiger partial charge in [0.05, 0.1) is 5.69 Å². The molecular formula is C22H21NO3. The summed E-state index contributed by atoms with van der Waals surface area (Å²) in [5, 5.41) is 2.88. The van der Waals surface area contributed by atoms with Gasteiger partial charge >= 0.3 is 0 Å². The van der Waals surface area contributed by atoms with E-state index in [0.717, 1.165) is 5.56 Å². The molecule has 0 spiro atoms. The molecule has 0 aliphatic heterocycles. The van der Waals surface area contributed by atoms with Crippen LogP contribution in [0.5, 0.6) is 17.2 Å². The van der Waals surface area contributed by atoms with Gasteiger partial charge in [0.2, 0.25) is 0 Å². The number of anilines is 1. The van der Waals surface area contributed by atoms with Crippen LogP contribution < -0.4 is 14.8 Å². The van der Waals surface area contributed by atoms with Crippen molar-refractivity contribution >= 4 is 11.6 Å². The first-order valence-corrected chi connectivity index (χ1v) is 8.48. The molecule has 4 heteroatoms. The number of carbonyl (C=O) groups excluding carboxylic acids is 1. The van der Waals surface area contributed by atoms with Crippen LogP contribution in [-0.2, 0) is 4.79 Å². The monoisotopic (exact) mass is 347 g/mol. The highest BCUT2D eigenvalue weighted by molar-refractivity contribution is 5.95. The molecule has 0 heterocycles. The second-order valence-corrected chi connectivity index (χ2v) is 5.98. The highest BCUT2D eigenvalue weighted by Crippen LogP contribution is 2.29. The summed E-state index contributed by atoms with van der Waals surface area (Å²) < 4.78 is 11.6. The molecule has 0 bridgehead atoms. The molecular weight excluding hydrogens is 326 g/mol. The van der Waals surface area contributed by atoms with Crippen LogP contribution >= 0.6 is 0 Å². The third-order valence-corrected chi connectivity index (χ3v) is 3.79. The van der Waals surface area contributed by atoms with Crippen LogP contribution in [0.2, 0.25) is 0 Å². The number of benzene rings is 3. The second kappa shape index (κ2) is 8.21. The minimum atomic E-state index is -0.637. The number of carbonyl (C=O) groups is 1. The summed E-state index contributed by atoms with van der Waals surface area (Å²) >= 11 is 0. The Kier molecular flexibility index (Phi) is 5.54. The summed E-state index contributed by atoms with van der Waals surface area (Å²) in [4.78, 5) is 12.5. The first kappa shape index (κ1) is 17.5. The van der Waals surface area contributed by atoms with Crippen molar-refractivity contribution in [3.63, 3.8) is 0 Å². The molecule has 4 nitrogen and oxygen atoms in total. The summed E-state index contributed by atoms with van der Waals surface area (Å²) in [5.41, 5.74) is 1.68. The Morgan fingerprint density at radius 3 is 2.35 bits per heavy atom. The maximum atomic E-state index is 12.5. The predicted octanol–water partition coefficient (Wildman–Crippen LogP) is 5.19. The van der Waals surface area contributed by atoms with E-state index in [4.69, 9.17) is 9.47 Å². The van der Waals surface area contributed by atoms with Crippen molar-refractivity contribution in [3.05, 3.63) is 84.4 Å². The maximum Gasteiger partial charge on any atom is 0.265 e. The Labute approximate surface area is 153 Å². The van der Waals surface area contributed by atoms with Gasteiger partial charge in [-0.2, -0.15) is 0 Å². The Balaban J connectivity index is 1.69. The van der Waals surface area contributed by atoms with E-state index >= 15 is 0 Å². The summed E-state index contributed by atoms with van der Waals surface area (Å²) in [6, 6.07) is 24.4. The molecule has 1 amide bonds. The topological polar surface area (TPSA) is 47.6 Å². The molecule has 0 fully saturated rings. The predicted molar refractivity (Wildman–Crippen MR) is 103 cm³/mol. The zero-order valence-corrected chi connectivity index (χ0v) is 14.8. The van der Waals surface area contributed by atoms with E-state index in [1.54, 1.807) is 13.0 Å². The zero-order valence-electron chi connectivity index (χ0n) is 14.8. The third-order valence-electron chi connectivity index (χ3n) is 3.79. The zero-order chi connectivity index (χ0) is 18.4. The molecule has 1 atom stereocenters. The van der Waals surface area contributed by atoms with Crippen molar-refractivity contribution in [1.82, 2.24) is 0 Å². The van der Waals surface area contributed by atoms with Crippen LogP contribution in [0.15, 0.2) is 78.9 Å². The maximum absolute atomic E-state index is 12.5. The first-order valence-electron chi connectivity index (χ1n) is 8.48. The van der Waals surface area contributed by atoms with Gasteiger partial charge in [0.15, 0.2) is 11.9 Å². The van der Waals surface area contributed by atoms with Gasteiger partial charge in [0.1, 0.15) is 11.5 Å². The van der Waals surface area contributed by atoms with Crippen LogP contribution in [0.1, 0.15) is 12.5 Å². The van der Waals surface area contributed by atoms with Gasteiger partial charge in [-0.15, -0.1) is 0 Å². The number of hydrogen-bond donors (Lipinski definition) is 1. The Morgan fingerprint density at radius 2 is 1.58 bits per heavy atom. The van der Waals surface area contributed by atoms with Crippen LogP contribution in [0.25, 0.3) is 0 Å². The molecule has 26 heavy (non-hydrogen) atoms. The number of amides is 1. The smallest absolute Gasteiger partial charge is 0.265 e. The quantitative estimate of drug-likeness (QED) is 0.667. The summed E-state index contributed by atoms with van der Waals surface area (Å²) in [7, 11) is 0. The highest BCUT2D eigenvalue weighted by atomic mass is 16.5. The van der Waals surface area contributed by atoms with Crippen LogP contribution in [0, 0.1) is 6.92 Å². The molecule has 0 saturated heterocycles. The Hall–Kier alpha value is -3.27. The first-order chi connectivity index (χ1) is 12.6. The lowest BCUT2D eigenvalue weighted by Crippen LogP contribution is -2.30. The summed E-state index contributed by atoms with van der Waals surface area (Å²) in [5.74, 6) is 1.71. The Morgan fingerprint density at radius 1 is 0.885 bits per heavy atom. The SMILES string of the molecule is Cc1cccc(OC(C)C(=O)Nc2ccccc2Oc2ccccc2)c1. The van der Waals surface area contributed by atoms with Crippen LogP contribution in [0.4, 0.5) is 5.69 Å². The fourth-order valence-corrected chi connectivity index (χ4v) is 2.46. The molecule has 0 saturated carbocycles. The third kappa shape index (κ3) is 4.63. The van der Waals surface area contributed by atoms with E-state index in [9.17, 15) is 4.79 Å². The summed E-state index contributed by atoms with van der Waals surface area (Å²) in [6.07, 6.45) is -0.637. The van der Waals surface area contributed by atoms with Crippen molar-refractivity contribution in [2.45, 2.75) is 20.0 Å². The van der Waals surface area contributed by atoms with E-state index in [1.807, 2.05) is 79.7 Å². The largest absolute Gasteiger partial charge is 0.481 e. The molecule has 3 aromatic rings. The van der Waals surface area contributed by atoms with Gasteiger partial charge in [0, 0.05) is 0 Å². The number of rotatable bonds is 6. The minimum absolute atomic E-state index is 0.240. The van der Waals surface area contributed by atoms with E-state index in [2.05, 4.69) is 5.32 Å². The van der Waals surface area contributed by atoms with E-state index in [-0.39, 0.29) is 5.91 Å². The second-order valence-electron chi connectivity index (χ2n) is 5.98. The standard InChI is InChI=1S/C22H21NO3/c1-16-9-8-12-19(15-16)25-17(2)22(24)23-20-13-6-7-14-21(20)26-18-10-4-3-5-11-18/h3-15,17H,1-2H3,(H,23,24). The number of nitrogens with one attached hydrogen (secondary N) is 1. The van der Waals surface area contributed by atoms with Gasteiger partial charge < -0.3 is 14.8 Å². The summed E-state index contributed by atoms with van der Waals surface area (Å²) in [6.45, 7) is 3.70. The highest BCUT2D eigenvalue weighted by Gasteiger charge is 2.17. The van der Waals surface area contributed by atoms with Gasteiger partial charge in [-0.05, 0) is 55.8 Å². The van der Waals surface area contributed by atoms with Crippen molar-refractivity contribution in [1.29, 1.82) is 0 Å². The Bertz CT molecular complexity index is 877. The van der Waals surface area contributed by atoms with Crippen molar-refractivity contribution < 1.29 is 14.3 Å². The van der Waals surface area contributed by atoms with E-state index in [1.165, 1.54) is 0 Å². The molecule has 3 rings (SSSR count). The lowest BCUT2D eigenvalue weighted by Gasteiger charge is -2.17.